The summed E-state index contributed by atoms with van der Waals surface area (Å²) < 4.78 is 5.38. The fraction of sp³-hybridized carbons (Fsp3) is 0.556. The summed E-state index contributed by atoms with van der Waals surface area (Å²) >= 11 is 0. The Labute approximate surface area is 153 Å². The highest BCUT2D eigenvalue weighted by molar-refractivity contribution is 5.61. The van der Waals surface area contributed by atoms with E-state index in [0.717, 1.165) is 43.0 Å². The van der Waals surface area contributed by atoms with Crippen LogP contribution in [0, 0.1) is 13.8 Å². The number of anilines is 2. The number of nitrogens with zero attached hydrogens (tertiary/aromatic N) is 3. The Kier molecular flexibility index (Phi) is 5.87. The molecule has 8 nitrogen and oxygen atoms in total. The number of nitrogens with one attached hydrogen (secondary N) is 2. The molecule has 1 aliphatic rings. The SMILES string of the molecule is Cc1cc(CN2CCN[C@@H](C)C2)c(C)c(Nc2nnc(C(O)CO)o2)c1. The molecule has 1 saturated heterocycles. The molecule has 8 heteroatoms. The lowest BCUT2D eigenvalue weighted by Gasteiger charge is -2.32. The molecule has 4 N–H and O–H groups in total. The van der Waals surface area contributed by atoms with Crippen molar-refractivity contribution in [2.24, 2.45) is 0 Å². The lowest BCUT2D eigenvalue weighted by molar-refractivity contribution is 0.0737. The molecule has 0 aliphatic carbocycles. The van der Waals surface area contributed by atoms with E-state index in [1.807, 2.05) is 6.07 Å². The standard InChI is InChI=1S/C18H27N5O3/c1-11-6-14(9-23-5-4-19-12(2)8-23)13(3)15(7-11)20-18-22-21-17(26-18)16(25)10-24/h6-7,12,16,19,24-25H,4-5,8-10H2,1-3H3,(H,20,22)/t12-,16?/m0/s1. The Morgan fingerprint density at radius 3 is 2.92 bits per heavy atom. The van der Waals surface area contributed by atoms with Gasteiger partial charge in [0.05, 0.1) is 6.61 Å². The van der Waals surface area contributed by atoms with Crippen LogP contribution in [0.1, 0.15) is 35.6 Å². The van der Waals surface area contributed by atoms with Gasteiger partial charge in [-0.05, 0) is 43.5 Å². The van der Waals surface area contributed by atoms with Gasteiger partial charge in [0.1, 0.15) is 0 Å². The molecule has 2 heterocycles. The van der Waals surface area contributed by atoms with E-state index >= 15 is 0 Å². The first-order valence-corrected chi connectivity index (χ1v) is 8.91. The second-order valence-electron chi connectivity index (χ2n) is 6.96. The number of aromatic nitrogens is 2. The van der Waals surface area contributed by atoms with Crippen LogP contribution in [-0.2, 0) is 6.54 Å². The maximum absolute atomic E-state index is 9.57. The highest BCUT2D eigenvalue weighted by atomic mass is 16.4. The molecular weight excluding hydrogens is 334 g/mol. The lowest BCUT2D eigenvalue weighted by Crippen LogP contribution is -2.48. The summed E-state index contributed by atoms with van der Waals surface area (Å²) in [6.07, 6.45) is -1.16. The van der Waals surface area contributed by atoms with Crippen LogP contribution in [0.15, 0.2) is 16.5 Å². The van der Waals surface area contributed by atoms with E-state index < -0.39 is 12.7 Å². The normalized spacial score (nSPS) is 19.5. The Hall–Kier alpha value is -2.00. The van der Waals surface area contributed by atoms with Crippen molar-refractivity contribution in [1.82, 2.24) is 20.4 Å². The van der Waals surface area contributed by atoms with E-state index in [2.05, 4.69) is 52.6 Å². The second kappa shape index (κ2) is 8.13. The van der Waals surface area contributed by atoms with Crippen molar-refractivity contribution in [1.29, 1.82) is 0 Å². The van der Waals surface area contributed by atoms with Gasteiger partial charge in [0.2, 0.25) is 5.89 Å². The molecule has 0 bridgehead atoms. The van der Waals surface area contributed by atoms with Crippen LogP contribution < -0.4 is 10.6 Å². The molecule has 1 aromatic heterocycles. The fourth-order valence-corrected chi connectivity index (χ4v) is 3.24. The third-order valence-electron chi connectivity index (χ3n) is 4.65. The summed E-state index contributed by atoms with van der Waals surface area (Å²) in [6, 6.07) is 4.94. The van der Waals surface area contributed by atoms with Gasteiger partial charge >= 0.3 is 6.01 Å². The average molecular weight is 361 g/mol. The van der Waals surface area contributed by atoms with E-state index in [4.69, 9.17) is 9.52 Å². The zero-order valence-corrected chi connectivity index (χ0v) is 15.5. The van der Waals surface area contributed by atoms with Crippen LogP contribution in [0.2, 0.25) is 0 Å². The summed E-state index contributed by atoms with van der Waals surface area (Å²) in [7, 11) is 0. The monoisotopic (exact) mass is 361 g/mol. The highest BCUT2D eigenvalue weighted by Crippen LogP contribution is 2.26. The quantitative estimate of drug-likeness (QED) is 0.609. The van der Waals surface area contributed by atoms with E-state index in [1.165, 1.54) is 5.56 Å². The number of aryl methyl sites for hydroxylation is 1. The molecule has 1 aromatic carbocycles. The zero-order valence-electron chi connectivity index (χ0n) is 15.5. The topological polar surface area (TPSA) is 107 Å². The Morgan fingerprint density at radius 2 is 2.19 bits per heavy atom. The van der Waals surface area contributed by atoms with Crippen LogP contribution in [-0.4, -0.2) is 57.6 Å². The summed E-state index contributed by atoms with van der Waals surface area (Å²) in [5, 5.41) is 32.8. The third-order valence-corrected chi connectivity index (χ3v) is 4.65. The number of hydrogen-bond donors (Lipinski definition) is 4. The Balaban J connectivity index is 1.77. The maximum Gasteiger partial charge on any atom is 0.320 e. The van der Waals surface area contributed by atoms with Crippen LogP contribution >= 0.6 is 0 Å². The van der Waals surface area contributed by atoms with Gasteiger partial charge in [-0.3, -0.25) is 4.90 Å². The van der Waals surface area contributed by atoms with Gasteiger partial charge in [0, 0.05) is 37.9 Å². The van der Waals surface area contributed by atoms with Crippen LogP contribution in [0.25, 0.3) is 0 Å². The highest BCUT2D eigenvalue weighted by Gasteiger charge is 2.19. The van der Waals surface area contributed by atoms with Crippen molar-refractivity contribution in [3.05, 3.63) is 34.7 Å². The minimum Gasteiger partial charge on any atom is -0.405 e. The second-order valence-corrected chi connectivity index (χ2v) is 6.96. The molecule has 3 rings (SSSR count). The van der Waals surface area contributed by atoms with Gasteiger partial charge in [-0.1, -0.05) is 11.2 Å². The zero-order chi connectivity index (χ0) is 18.7. The third kappa shape index (κ3) is 4.39. The van der Waals surface area contributed by atoms with Gasteiger partial charge in [-0.2, -0.15) is 0 Å². The van der Waals surface area contributed by atoms with Crippen molar-refractivity contribution in [3.8, 4) is 0 Å². The van der Waals surface area contributed by atoms with Crippen molar-refractivity contribution in [2.45, 2.75) is 39.5 Å². The summed E-state index contributed by atoms with van der Waals surface area (Å²) in [6.45, 7) is 9.84. The molecule has 0 spiro atoms. The molecule has 142 valence electrons. The summed E-state index contributed by atoms with van der Waals surface area (Å²) in [4.78, 5) is 2.45. The summed E-state index contributed by atoms with van der Waals surface area (Å²) in [5.74, 6) is -0.00432. The average Bonchev–Trinajstić information content (AvgIpc) is 3.07. The Bertz CT molecular complexity index is 748. The van der Waals surface area contributed by atoms with E-state index in [9.17, 15) is 5.11 Å². The van der Waals surface area contributed by atoms with Crippen LogP contribution in [0.5, 0.6) is 0 Å². The van der Waals surface area contributed by atoms with Crippen molar-refractivity contribution in [2.75, 3.05) is 31.6 Å². The fourth-order valence-electron chi connectivity index (χ4n) is 3.24. The minimum absolute atomic E-state index is 0.00432. The molecule has 1 aliphatic heterocycles. The first-order chi connectivity index (χ1) is 12.5. The van der Waals surface area contributed by atoms with Gasteiger partial charge in [0.15, 0.2) is 6.10 Å². The first kappa shape index (κ1) is 18.8. The maximum atomic E-state index is 9.57. The number of rotatable bonds is 6. The minimum atomic E-state index is -1.16. The molecule has 1 fully saturated rings. The van der Waals surface area contributed by atoms with Crippen molar-refractivity contribution >= 4 is 11.7 Å². The number of piperazine rings is 1. The van der Waals surface area contributed by atoms with Gasteiger partial charge in [-0.15, -0.1) is 5.10 Å². The number of benzene rings is 1. The molecule has 2 aromatic rings. The summed E-state index contributed by atoms with van der Waals surface area (Å²) in [5.41, 5.74) is 4.43. The van der Waals surface area contributed by atoms with E-state index in [1.54, 1.807) is 0 Å². The predicted octanol–water partition coefficient (Wildman–Crippen LogP) is 1.25. The molecule has 0 saturated carbocycles. The van der Waals surface area contributed by atoms with Gasteiger partial charge < -0.3 is 25.3 Å². The molecule has 0 radical (unpaired) electrons. The Morgan fingerprint density at radius 1 is 1.38 bits per heavy atom. The number of aliphatic hydroxyl groups is 2. The molecule has 2 atom stereocenters. The van der Waals surface area contributed by atoms with Gasteiger partial charge in [-0.25, -0.2) is 0 Å². The van der Waals surface area contributed by atoms with Crippen LogP contribution in [0.3, 0.4) is 0 Å². The predicted molar refractivity (Wildman–Crippen MR) is 98.3 cm³/mol. The van der Waals surface area contributed by atoms with E-state index in [-0.39, 0.29) is 11.9 Å². The largest absolute Gasteiger partial charge is 0.405 e. The molecule has 26 heavy (non-hydrogen) atoms. The molecule has 1 unspecified atom stereocenters. The van der Waals surface area contributed by atoms with Gasteiger partial charge in [0.25, 0.3) is 0 Å². The van der Waals surface area contributed by atoms with E-state index in [0.29, 0.717) is 6.04 Å². The molecule has 0 amide bonds. The number of hydrogen-bond acceptors (Lipinski definition) is 8. The van der Waals surface area contributed by atoms with Crippen molar-refractivity contribution < 1.29 is 14.6 Å². The molecular formula is C18H27N5O3. The first-order valence-electron chi connectivity index (χ1n) is 8.91. The lowest BCUT2D eigenvalue weighted by atomic mass is 10.0. The van der Waals surface area contributed by atoms with Crippen molar-refractivity contribution in [3.63, 3.8) is 0 Å². The van der Waals surface area contributed by atoms with Crippen LogP contribution in [0.4, 0.5) is 11.7 Å². The smallest absolute Gasteiger partial charge is 0.320 e. The number of aliphatic hydroxyl groups excluding tert-OH is 2.